The van der Waals surface area contributed by atoms with Gasteiger partial charge in [0, 0.05) is 25.0 Å². The molecule has 2 aromatic heterocycles. The third kappa shape index (κ3) is 3.18. The fourth-order valence-corrected chi connectivity index (χ4v) is 3.03. The summed E-state index contributed by atoms with van der Waals surface area (Å²) in [6.07, 6.45) is 3.72. The number of piperidine rings is 1. The van der Waals surface area contributed by atoms with Gasteiger partial charge in [-0.1, -0.05) is 6.07 Å². The van der Waals surface area contributed by atoms with Crippen molar-refractivity contribution in [3.63, 3.8) is 0 Å². The Balaban J connectivity index is 1.70. The predicted molar refractivity (Wildman–Crippen MR) is 85.8 cm³/mol. The fraction of sp³-hybridized carbons (Fsp3) is 0.500. The largest absolute Gasteiger partial charge is 0.477 e. The highest BCUT2D eigenvalue weighted by atomic mass is 16.4. The van der Waals surface area contributed by atoms with Crippen LogP contribution in [-0.4, -0.2) is 43.9 Å². The van der Waals surface area contributed by atoms with Crippen LogP contribution in [0, 0.1) is 0 Å². The lowest BCUT2D eigenvalue weighted by Gasteiger charge is -2.32. The van der Waals surface area contributed by atoms with E-state index in [1.54, 1.807) is 12.4 Å². The van der Waals surface area contributed by atoms with Crippen molar-refractivity contribution in [3.8, 4) is 0 Å². The first-order chi connectivity index (χ1) is 11.1. The summed E-state index contributed by atoms with van der Waals surface area (Å²) >= 11 is 0. The van der Waals surface area contributed by atoms with Gasteiger partial charge in [-0.15, -0.1) is 10.2 Å². The molecule has 7 nitrogen and oxygen atoms in total. The quantitative estimate of drug-likeness (QED) is 0.932. The zero-order valence-electron chi connectivity index (χ0n) is 13.4. The summed E-state index contributed by atoms with van der Waals surface area (Å²) in [6.45, 7) is 5.93. The summed E-state index contributed by atoms with van der Waals surface area (Å²) in [7, 11) is 0. The molecule has 0 spiro atoms. The van der Waals surface area contributed by atoms with Crippen molar-refractivity contribution in [3.05, 3.63) is 36.0 Å². The molecule has 0 atom stereocenters. The van der Waals surface area contributed by atoms with Crippen molar-refractivity contribution < 1.29 is 9.90 Å². The lowest BCUT2D eigenvalue weighted by molar-refractivity contribution is 0.0690. The lowest BCUT2D eigenvalue weighted by atomic mass is 9.95. The summed E-state index contributed by atoms with van der Waals surface area (Å²) in [4.78, 5) is 17.4. The van der Waals surface area contributed by atoms with E-state index in [-0.39, 0.29) is 5.69 Å². The Hall–Kier alpha value is -2.44. The monoisotopic (exact) mass is 315 g/mol. The second-order valence-electron chi connectivity index (χ2n) is 6.14. The molecular formula is C16H21N5O2. The molecule has 1 N–H and O–H groups in total. The zero-order valence-corrected chi connectivity index (χ0v) is 13.4. The highest BCUT2D eigenvalue weighted by Crippen LogP contribution is 2.29. The molecule has 0 saturated carbocycles. The number of carboxylic acids is 1. The highest BCUT2D eigenvalue weighted by Gasteiger charge is 2.26. The van der Waals surface area contributed by atoms with E-state index in [4.69, 9.17) is 5.11 Å². The van der Waals surface area contributed by atoms with Crippen molar-refractivity contribution in [2.75, 3.05) is 18.0 Å². The first kappa shape index (κ1) is 15.5. The van der Waals surface area contributed by atoms with E-state index in [1.807, 2.05) is 6.07 Å². The molecule has 0 bridgehead atoms. The number of aromatic nitrogens is 4. The smallest absolute Gasteiger partial charge is 0.354 e. The molecular weight excluding hydrogens is 294 g/mol. The van der Waals surface area contributed by atoms with Crippen LogP contribution in [0.1, 0.15) is 55.0 Å². The van der Waals surface area contributed by atoms with Crippen molar-refractivity contribution in [1.82, 2.24) is 19.7 Å². The molecule has 7 heteroatoms. The summed E-state index contributed by atoms with van der Waals surface area (Å²) in [5.41, 5.74) is 0.0872. The summed E-state index contributed by atoms with van der Waals surface area (Å²) in [6, 6.07) is 5.48. The standard InChI is InChI=1S/C16H21N5O2/c1-11(2)21-10-17-19-15(21)12-6-8-20(9-7-12)14-5-3-4-13(18-14)16(22)23/h3-5,10-12H,6-9H2,1-2H3,(H,22,23). The van der Waals surface area contributed by atoms with Crippen molar-refractivity contribution in [1.29, 1.82) is 0 Å². The Morgan fingerprint density at radius 3 is 2.70 bits per heavy atom. The number of carboxylic acid groups (broad SMARTS) is 1. The van der Waals surface area contributed by atoms with Gasteiger partial charge in [-0.05, 0) is 38.8 Å². The van der Waals surface area contributed by atoms with Crippen LogP contribution in [0.4, 0.5) is 5.82 Å². The van der Waals surface area contributed by atoms with Gasteiger partial charge in [-0.2, -0.15) is 0 Å². The van der Waals surface area contributed by atoms with Gasteiger partial charge in [-0.25, -0.2) is 9.78 Å². The zero-order chi connectivity index (χ0) is 16.4. The summed E-state index contributed by atoms with van der Waals surface area (Å²) < 4.78 is 2.13. The third-order valence-electron chi connectivity index (χ3n) is 4.29. The minimum atomic E-state index is -0.994. The molecule has 1 aliphatic rings. The van der Waals surface area contributed by atoms with E-state index in [0.717, 1.165) is 37.6 Å². The number of carbonyl (C=O) groups is 1. The van der Waals surface area contributed by atoms with Gasteiger partial charge >= 0.3 is 5.97 Å². The van der Waals surface area contributed by atoms with Crippen LogP contribution in [0.3, 0.4) is 0 Å². The molecule has 0 aromatic carbocycles. The minimum Gasteiger partial charge on any atom is -0.477 e. The van der Waals surface area contributed by atoms with E-state index < -0.39 is 5.97 Å². The van der Waals surface area contributed by atoms with Crippen molar-refractivity contribution >= 4 is 11.8 Å². The Kier molecular flexibility index (Phi) is 4.27. The molecule has 3 rings (SSSR count). The molecule has 1 fully saturated rings. The van der Waals surface area contributed by atoms with E-state index in [9.17, 15) is 4.79 Å². The molecule has 0 aliphatic carbocycles. The minimum absolute atomic E-state index is 0.0872. The normalized spacial score (nSPS) is 16.0. The van der Waals surface area contributed by atoms with Crippen molar-refractivity contribution in [2.45, 2.75) is 38.6 Å². The van der Waals surface area contributed by atoms with Gasteiger partial charge < -0.3 is 14.6 Å². The number of nitrogens with zero attached hydrogens (tertiary/aromatic N) is 5. The van der Waals surface area contributed by atoms with Gasteiger partial charge in [-0.3, -0.25) is 0 Å². The highest BCUT2D eigenvalue weighted by molar-refractivity contribution is 5.85. The van der Waals surface area contributed by atoms with Crippen LogP contribution in [0.15, 0.2) is 24.5 Å². The van der Waals surface area contributed by atoms with Gasteiger partial charge in [0.1, 0.15) is 18.0 Å². The molecule has 2 aromatic rings. The maximum absolute atomic E-state index is 11.0. The molecule has 0 amide bonds. The Bertz CT molecular complexity index is 689. The molecule has 23 heavy (non-hydrogen) atoms. The second-order valence-corrected chi connectivity index (χ2v) is 6.14. The number of hydrogen-bond donors (Lipinski definition) is 1. The second kappa shape index (κ2) is 6.36. The summed E-state index contributed by atoms with van der Waals surface area (Å²) in [5.74, 6) is 1.17. The van der Waals surface area contributed by atoms with Gasteiger partial charge in [0.15, 0.2) is 5.69 Å². The average molecular weight is 315 g/mol. The number of pyridine rings is 1. The van der Waals surface area contributed by atoms with Crippen LogP contribution < -0.4 is 4.90 Å². The average Bonchev–Trinajstić information content (AvgIpc) is 3.05. The van der Waals surface area contributed by atoms with Gasteiger partial charge in [0.05, 0.1) is 0 Å². The number of rotatable bonds is 4. The third-order valence-corrected chi connectivity index (χ3v) is 4.29. The van der Waals surface area contributed by atoms with Gasteiger partial charge in [0.25, 0.3) is 0 Å². The van der Waals surface area contributed by atoms with Crippen molar-refractivity contribution in [2.24, 2.45) is 0 Å². The van der Waals surface area contributed by atoms with Crippen LogP contribution in [0.5, 0.6) is 0 Å². The Labute approximate surface area is 135 Å². The molecule has 0 radical (unpaired) electrons. The topological polar surface area (TPSA) is 84.1 Å². The first-order valence-electron chi connectivity index (χ1n) is 7.91. The Morgan fingerprint density at radius 2 is 2.04 bits per heavy atom. The maximum atomic E-state index is 11.0. The first-order valence-corrected chi connectivity index (χ1v) is 7.91. The van der Waals surface area contributed by atoms with E-state index >= 15 is 0 Å². The molecule has 0 unspecified atom stereocenters. The molecule has 1 saturated heterocycles. The van der Waals surface area contributed by atoms with Crippen LogP contribution in [0.2, 0.25) is 0 Å². The van der Waals surface area contributed by atoms with E-state index in [2.05, 4.69) is 38.5 Å². The fourth-order valence-electron chi connectivity index (χ4n) is 3.03. The molecule has 1 aliphatic heterocycles. The van der Waals surface area contributed by atoms with Gasteiger partial charge in [0.2, 0.25) is 0 Å². The predicted octanol–water partition coefficient (Wildman–Crippen LogP) is 2.34. The lowest BCUT2D eigenvalue weighted by Crippen LogP contribution is -2.34. The summed E-state index contributed by atoms with van der Waals surface area (Å²) in [5, 5.41) is 17.4. The van der Waals surface area contributed by atoms with Crippen LogP contribution in [-0.2, 0) is 0 Å². The van der Waals surface area contributed by atoms with E-state index in [0.29, 0.717) is 12.0 Å². The number of aromatic carboxylic acids is 1. The van der Waals surface area contributed by atoms with Crippen LogP contribution >= 0.6 is 0 Å². The number of anilines is 1. The molecule has 3 heterocycles. The number of hydrogen-bond acceptors (Lipinski definition) is 5. The maximum Gasteiger partial charge on any atom is 0.354 e. The SMILES string of the molecule is CC(C)n1cnnc1C1CCN(c2cccc(C(=O)O)n2)CC1. The van der Waals surface area contributed by atoms with E-state index in [1.165, 1.54) is 6.07 Å². The Morgan fingerprint density at radius 1 is 1.30 bits per heavy atom. The molecule has 122 valence electrons. The van der Waals surface area contributed by atoms with Crippen LogP contribution in [0.25, 0.3) is 0 Å².